The minimum Gasteiger partial charge on any atom is -0.329 e. The highest BCUT2D eigenvalue weighted by Gasteiger charge is 2.36. The zero-order valence-corrected chi connectivity index (χ0v) is 22.0. The normalized spacial score (nSPS) is 14.1. The number of amides is 2. The fraction of sp³-hybridized carbons (Fsp3) is 0.176. The maximum absolute atomic E-state index is 14.3. The largest absolute Gasteiger partial charge is 0.329 e. The van der Waals surface area contributed by atoms with E-state index in [1.807, 2.05) is 102 Å². The van der Waals surface area contributed by atoms with Crippen LogP contribution in [0.5, 0.6) is 0 Å². The van der Waals surface area contributed by atoms with Crippen LogP contribution in [-0.2, 0) is 4.79 Å². The highest BCUT2D eigenvalue weighted by molar-refractivity contribution is 6.04. The van der Waals surface area contributed by atoms with Gasteiger partial charge in [0.15, 0.2) is 0 Å². The van der Waals surface area contributed by atoms with Crippen molar-refractivity contribution in [2.75, 3.05) is 18.0 Å². The number of carbonyl (C=O) groups excluding carboxylic acids is 2. The van der Waals surface area contributed by atoms with E-state index in [9.17, 15) is 9.59 Å². The lowest BCUT2D eigenvalue weighted by molar-refractivity contribution is -0.119. The molecular formula is C34H31N3O2. The summed E-state index contributed by atoms with van der Waals surface area (Å²) >= 11 is 0. The van der Waals surface area contributed by atoms with Crippen molar-refractivity contribution in [3.05, 3.63) is 132 Å². The summed E-state index contributed by atoms with van der Waals surface area (Å²) < 4.78 is 2.16. The number of unbranched alkanes of at least 4 members (excludes halogenated alkanes) is 1. The van der Waals surface area contributed by atoms with E-state index in [0.717, 1.165) is 46.2 Å². The summed E-state index contributed by atoms with van der Waals surface area (Å²) in [6.45, 7) is 2.63. The van der Waals surface area contributed by atoms with Crippen molar-refractivity contribution in [3.63, 3.8) is 0 Å². The Morgan fingerprint density at radius 3 is 2.28 bits per heavy atom. The Kier molecular flexibility index (Phi) is 6.72. The molecular weight excluding hydrogens is 482 g/mol. The third-order valence-electron chi connectivity index (χ3n) is 7.49. The van der Waals surface area contributed by atoms with E-state index >= 15 is 0 Å². The number of carbonyl (C=O) groups is 2. The van der Waals surface area contributed by atoms with E-state index in [-0.39, 0.29) is 24.4 Å². The van der Waals surface area contributed by atoms with Gasteiger partial charge >= 0.3 is 0 Å². The molecule has 0 saturated heterocycles. The number of hydrogen-bond acceptors (Lipinski definition) is 2. The molecule has 4 aromatic carbocycles. The van der Waals surface area contributed by atoms with Gasteiger partial charge < -0.3 is 9.47 Å². The summed E-state index contributed by atoms with van der Waals surface area (Å²) in [4.78, 5) is 31.7. The summed E-state index contributed by atoms with van der Waals surface area (Å²) in [5, 5.41) is 2.10. The van der Waals surface area contributed by atoms with Crippen molar-refractivity contribution in [2.24, 2.45) is 0 Å². The molecule has 0 spiro atoms. The van der Waals surface area contributed by atoms with Gasteiger partial charge in [0.25, 0.3) is 5.91 Å². The SMILES string of the molecule is CCCCN(CC(=O)N1c2ccccc2-n2cccc2C1c1ccccc1)C(=O)c1ccc2ccccc2c1. The molecule has 0 aliphatic carbocycles. The molecule has 0 saturated carbocycles. The van der Waals surface area contributed by atoms with E-state index in [0.29, 0.717) is 12.1 Å². The van der Waals surface area contributed by atoms with Crippen LogP contribution in [0.3, 0.4) is 0 Å². The summed E-state index contributed by atoms with van der Waals surface area (Å²) in [5.74, 6) is -0.221. The molecule has 5 heteroatoms. The molecule has 0 fully saturated rings. The topological polar surface area (TPSA) is 45.6 Å². The fourth-order valence-corrected chi connectivity index (χ4v) is 5.56. The van der Waals surface area contributed by atoms with Crippen molar-refractivity contribution < 1.29 is 9.59 Å². The van der Waals surface area contributed by atoms with E-state index < -0.39 is 0 Å². The molecule has 2 amide bonds. The van der Waals surface area contributed by atoms with Gasteiger partial charge in [-0.25, -0.2) is 0 Å². The molecule has 0 radical (unpaired) electrons. The molecule has 5 nitrogen and oxygen atoms in total. The molecule has 1 aliphatic heterocycles. The maximum atomic E-state index is 14.3. The van der Waals surface area contributed by atoms with E-state index in [4.69, 9.17) is 0 Å². The first kappa shape index (κ1) is 24.7. The Bertz CT molecular complexity index is 1640. The zero-order chi connectivity index (χ0) is 26.8. The standard InChI is InChI=1S/C34H31N3O2/c1-2-3-21-35(34(39)28-20-19-25-12-7-8-15-27(25)23-28)24-32(38)37-30-17-10-9-16-29(30)36-22-11-18-31(36)33(37)26-13-5-4-6-14-26/h4-20,22-23,33H,2-3,21,24H2,1H3. The molecule has 2 heterocycles. The third kappa shape index (κ3) is 4.61. The van der Waals surface area contributed by atoms with Crippen LogP contribution >= 0.6 is 0 Å². The summed E-state index contributed by atoms with van der Waals surface area (Å²) in [6, 6.07) is 35.7. The van der Waals surface area contributed by atoms with Crippen LogP contribution in [0.1, 0.15) is 47.4 Å². The van der Waals surface area contributed by atoms with Gasteiger partial charge in [0.2, 0.25) is 5.91 Å². The lowest BCUT2D eigenvalue weighted by atomic mass is 9.97. The second kappa shape index (κ2) is 10.6. The second-order valence-electron chi connectivity index (χ2n) is 10.0. The van der Waals surface area contributed by atoms with Gasteiger partial charge in [-0.3, -0.25) is 14.5 Å². The fourth-order valence-electron chi connectivity index (χ4n) is 5.56. The zero-order valence-electron chi connectivity index (χ0n) is 22.0. The second-order valence-corrected chi connectivity index (χ2v) is 10.0. The highest BCUT2D eigenvalue weighted by Crippen LogP contribution is 2.42. The van der Waals surface area contributed by atoms with E-state index in [1.165, 1.54) is 0 Å². The number of nitrogens with zero attached hydrogens (tertiary/aromatic N) is 3. The molecule has 0 N–H and O–H groups in total. The van der Waals surface area contributed by atoms with Crippen LogP contribution in [0.2, 0.25) is 0 Å². The average molecular weight is 514 g/mol. The van der Waals surface area contributed by atoms with Gasteiger partial charge in [-0.2, -0.15) is 0 Å². The molecule has 1 atom stereocenters. The van der Waals surface area contributed by atoms with Gasteiger partial charge in [-0.05, 0) is 59.2 Å². The van der Waals surface area contributed by atoms with Gasteiger partial charge in [-0.15, -0.1) is 0 Å². The lowest BCUT2D eigenvalue weighted by Gasteiger charge is -2.39. The van der Waals surface area contributed by atoms with Crippen molar-refractivity contribution in [2.45, 2.75) is 25.8 Å². The molecule has 1 aliphatic rings. The van der Waals surface area contributed by atoms with Crippen LogP contribution in [0, 0.1) is 0 Å². The Balaban J connectivity index is 1.38. The Morgan fingerprint density at radius 1 is 0.769 bits per heavy atom. The number of anilines is 1. The van der Waals surface area contributed by atoms with Gasteiger partial charge in [-0.1, -0.05) is 86.1 Å². The highest BCUT2D eigenvalue weighted by atomic mass is 16.2. The molecule has 5 aromatic rings. The van der Waals surface area contributed by atoms with Crippen LogP contribution in [0.4, 0.5) is 5.69 Å². The maximum Gasteiger partial charge on any atom is 0.254 e. The molecule has 39 heavy (non-hydrogen) atoms. The minimum absolute atomic E-state index is 0.00400. The summed E-state index contributed by atoms with van der Waals surface area (Å²) in [6.07, 6.45) is 3.80. The predicted octanol–water partition coefficient (Wildman–Crippen LogP) is 7.01. The molecule has 0 bridgehead atoms. The molecule has 1 aromatic heterocycles. The molecule has 1 unspecified atom stereocenters. The van der Waals surface area contributed by atoms with Gasteiger partial charge in [0.1, 0.15) is 12.6 Å². The van der Waals surface area contributed by atoms with Gasteiger partial charge in [0, 0.05) is 18.3 Å². The number of benzene rings is 4. The number of hydrogen-bond donors (Lipinski definition) is 0. The van der Waals surface area contributed by atoms with Crippen LogP contribution < -0.4 is 4.90 Å². The lowest BCUT2D eigenvalue weighted by Crippen LogP contribution is -2.47. The number of fused-ring (bicyclic) bond motifs is 4. The number of rotatable bonds is 7. The van der Waals surface area contributed by atoms with Gasteiger partial charge in [0.05, 0.1) is 17.1 Å². The Labute approximate surface area is 228 Å². The van der Waals surface area contributed by atoms with E-state index in [2.05, 4.69) is 29.7 Å². The van der Waals surface area contributed by atoms with Crippen molar-refractivity contribution in [1.82, 2.24) is 9.47 Å². The Morgan fingerprint density at radius 2 is 1.49 bits per heavy atom. The molecule has 194 valence electrons. The summed E-state index contributed by atoms with van der Waals surface area (Å²) in [5.41, 5.74) is 4.45. The van der Waals surface area contributed by atoms with Crippen LogP contribution in [-0.4, -0.2) is 34.4 Å². The van der Waals surface area contributed by atoms with Crippen molar-refractivity contribution in [3.8, 4) is 5.69 Å². The van der Waals surface area contributed by atoms with E-state index in [1.54, 1.807) is 4.90 Å². The Hall–Kier alpha value is -4.64. The first-order chi connectivity index (χ1) is 19.2. The smallest absolute Gasteiger partial charge is 0.254 e. The number of para-hydroxylation sites is 2. The average Bonchev–Trinajstić information content (AvgIpc) is 3.48. The molecule has 6 rings (SSSR count). The predicted molar refractivity (Wildman–Crippen MR) is 156 cm³/mol. The van der Waals surface area contributed by atoms with Crippen LogP contribution in [0.25, 0.3) is 16.5 Å². The quantitative estimate of drug-likeness (QED) is 0.235. The third-order valence-corrected chi connectivity index (χ3v) is 7.49. The minimum atomic E-state index is -0.299. The first-order valence-corrected chi connectivity index (χ1v) is 13.6. The number of aromatic nitrogens is 1. The summed E-state index contributed by atoms with van der Waals surface area (Å²) in [7, 11) is 0. The van der Waals surface area contributed by atoms with Crippen LogP contribution in [0.15, 0.2) is 115 Å². The van der Waals surface area contributed by atoms with Crippen molar-refractivity contribution in [1.29, 1.82) is 0 Å². The first-order valence-electron chi connectivity index (χ1n) is 13.6. The van der Waals surface area contributed by atoms with Crippen molar-refractivity contribution >= 4 is 28.3 Å². The monoisotopic (exact) mass is 513 g/mol.